The fourth-order valence-electron chi connectivity index (χ4n) is 2.17. The van der Waals surface area contributed by atoms with E-state index < -0.39 is 11.9 Å². The van der Waals surface area contributed by atoms with E-state index in [1.165, 1.54) is 4.90 Å². The molecule has 20 heavy (non-hydrogen) atoms. The van der Waals surface area contributed by atoms with Gasteiger partial charge < -0.3 is 11.1 Å². The summed E-state index contributed by atoms with van der Waals surface area (Å²) in [5.74, 6) is -0.703. The van der Waals surface area contributed by atoms with Gasteiger partial charge in [-0.15, -0.1) is 0 Å². The number of rotatable bonds is 5. The van der Waals surface area contributed by atoms with Crippen LogP contribution in [0, 0.1) is 0 Å². The van der Waals surface area contributed by atoms with Crippen molar-refractivity contribution in [2.24, 2.45) is 5.73 Å². The molecule has 1 heterocycles. The molecule has 1 saturated heterocycles. The van der Waals surface area contributed by atoms with Crippen LogP contribution in [0.25, 0.3) is 0 Å². The molecule has 1 atom stereocenters. The molecule has 106 valence electrons. The summed E-state index contributed by atoms with van der Waals surface area (Å²) in [7, 11) is 0. The van der Waals surface area contributed by atoms with E-state index >= 15 is 0 Å². The van der Waals surface area contributed by atoms with Crippen LogP contribution in [0.5, 0.6) is 0 Å². The van der Waals surface area contributed by atoms with Gasteiger partial charge in [0.2, 0.25) is 5.91 Å². The summed E-state index contributed by atoms with van der Waals surface area (Å²) in [6.07, 6.45) is 1.47. The van der Waals surface area contributed by atoms with Crippen LogP contribution in [0.3, 0.4) is 0 Å². The van der Waals surface area contributed by atoms with Gasteiger partial charge in [-0.05, 0) is 24.1 Å². The summed E-state index contributed by atoms with van der Waals surface area (Å²) in [4.78, 5) is 36.0. The Morgan fingerprint density at radius 2 is 1.95 bits per heavy atom. The SMILES string of the molecule is CCCC1NC(=O)N(Cc2ccc(C(N)=O)cc2)C1=O. The molecule has 0 aromatic heterocycles. The Morgan fingerprint density at radius 1 is 1.30 bits per heavy atom. The number of carbonyl (C=O) groups is 3. The number of imide groups is 1. The zero-order valence-electron chi connectivity index (χ0n) is 11.3. The third-order valence-electron chi connectivity index (χ3n) is 3.26. The summed E-state index contributed by atoms with van der Waals surface area (Å²) < 4.78 is 0. The lowest BCUT2D eigenvalue weighted by Gasteiger charge is -2.13. The predicted molar refractivity (Wildman–Crippen MR) is 72.7 cm³/mol. The van der Waals surface area contributed by atoms with E-state index in [0.29, 0.717) is 12.0 Å². The van der Waals surface area contributed by atoms with Gasteiger partial charge in [-0.3, -0.25) is 14.5 Å². The highest BCUT2D eigenvalue weighted by Crippen LogP contribution is 2.15. The number of hydrogen-bond acceptors (Lipinski definition) is 3. The average Bonchev–Trinajstić information content (AvgIpc) is 2.68. The van der Waals surface area contributed by atoms with E-state index in [-0.39, 0.29) is 18.5 Å². The number of nitrogens with one attached hydrogen (secondary N) is 1. The minimum atomic E-state index is -0.505. The van der Waals surface area contributed by atoms with Crippen molar-refractivity contribution in [1.82, 2.24) is 10.2 Å². The minimum absolute atomic E-state index is 0.198. The average molecular weight is 275 g/mol. The largest absolute Gasteiger partial charge is 0.366 e. The quantitative estimate of drug-likeness (QED) is 0.785. The summed E-state index contributed by atoms with van der Waals surface area (Å²) in [6.45, 7) is 2.16. The third-order valence-corrected chi connectivity index (χ3v) is 3.26. The number of nitrogens with zero attached hydrogens (tertiary/aromatic N) is 1. The molecule has 1 unspecified atom stereocenters. The number of primary amides is 1. The monoisotopic (exact) mass is 275 g/mol. The molecule has 0 radical (unpaired) electrons. The lowest BCUT2D eigenvalue weighted by Crippen LogP contribution is -2.31. The van der Waals surface area contributed by atoms with Crippen LogP contribution in [0.15, 0.2) is 24.3 Å². The van der Waals surface area contributed by atoms with Gasteiger partial charge in [0.05, 0.1) is 6.54 Å². The first-order valence-corrected chi connectivity index (χ1v) is 6.53. The van der Waals surface area contributed by atoms with Crippen molar-refractivity contribution in [2.45, 2.75) is 32.4 Å². The normalized spacial score (nSPS) is 18.2. The summed E-state index contributed by atoms with van der Waals surface area (Å²) in [6, 6.07) is 5.76. The van der Waals surface area contributed by atoms with Gasteiger partial charge in [0.15, 0.2) is 0 Å². The second-order valence-corrected chi connectivity index (χ2v) is 4.78. The predicted octanol–water partition coefficient (Wildman–Crippen LogP) is 1.01. The van der Waals surface area contributed by atoms with Crippen molar-refractivity contribution in [2.75, 3.05) is 0 Å². The van der Waals surface area contributed by atoms with Gasteiger partial charge in [0.25, 0.3) is 5.91 Å². The second-order valence-electron chi connectivity index (χ2n) is 4.78. The Labute approximate surface area is 116 Å². The topological polar surface area (TPSA) is 92.5 Å². The minimum Gasteiger partial charge on any atom is -0.366 e. The van der Waals surface area contributed by atoms with E-state index in [9.17, 15) is 14.4 Å². The smallest absolute Gasteiger partial charge is 0.325 e. The van der Waals surface area contributed by atoms with Gasteiger partial charge >= 0.3 is 6.03 Å². The van der Waals surface area contributed by atoms with E-state index in [1.807, 2.05) is 6.92 Å². The Kier molecular flexibility index (Phi) is 4.02. The summed E-state index contributed by atoms with van der Waals surface area (Å²) in [5.41, 5.74) is 6.33. The van der Waals surface area contributed by atoms with Crippen molar-refractivity contribution < 1.29 is 14.4 Å². The first kappa shape index (κ1) is 14.0. The molecule has 0 aliphatic carbocycles. The Balaban J connectivity index is 2.07. The van der Waals surface area contributed by atoms with Crippen molar-refractivity contribution in [3.05, 3.63) is 35.4 Å². The number of amides is 4. The van der Waals surface area contributed by atoms with Crippen LogP contribution in [0.2, 0.25) is 0 Å². The van der Waals surface area contributed by atoms with Crippen LogP contribution in [0.4, 0.5) is 4.79 Å². The first-order valence-electron chi connectivity index (χ1n) is 6.53. The number of carbonyl (C=O) groups excluding carboxylic acids is 3. The molecule has 1 aromatic rings. The summed E-state index contributed by atoms with van der Waals surface area (Å²) >= 11 is 0. The molecule has 6 heteroatoms. The van der Waals surface area contributed by atoms with Crippen molar-refractivity contribution in [3.63, 3.8) is 0 Å². The molecule has 1 aliphatic rings. The van der Waals surface area contributed by atoms with Gasteiger partial charge in [0.1, 0.15) is 6.04 Å². The second kappa shape index (κ2) is 5.73. The Hall–Kier alpha value is -2.37. The number of hydrogen-bond donors (Lipinski definition) is 2. The number of nitrogens with two attached hydrogens (primary N) is 1. The Bertz CT molecular complexity index is 539. The molecule has 1 fully saturated rings. The van der Waals surface area contributed by atoms with E-state index in [2.05, 4.69) is 5.32 Å². The molecule has 0 spiro atoms. The molecule has 1 aromatic carbocycles. The number of urea groups is 1. The third kappa shape index (κ3) is 2.79. The molecule has 3 N–H and O–H groups in total. The molecule has 1 aliphatic heterocycles. The first-order chi connectivity index (χ1) is 9.52. The maximum Gasteiger partial charge on any atom is 0.325 e. The summed E-state index contributed by atoms with van der Waals surface area (Å²) in [5, 5.41) is 2.67. The van der Waals surface area contributed by atoms with E-state index in [1.54, 1.807) is 24.3 Å². The Morgan fingerprint density at radius 3 is 2.50 bits per heavy atom. The molecule has 4 amide bonds. The van der Waals surface area contributed by atoms with Gasteiger partial charge in [-0.1, -0.05) is 25.5 Å². The molecule has 2 rings (SSSR count). The van der Waals surface area contributed by atoms with Crippen LogP contribution in [-0.4, -0.2) is 28.8 Å². The lowest BCUT2D eigenvalue weighted by molar-refractivity contribution is -0.128. The zero-order valence-corrected chi connectivity index (χ0v) is 11.3. The highest BCUT2D eigenvalue weighted by Gasteiger charge is 2.36. The van der Waals surface area contributed by atoms with Crippen molar-refractivity contribution in [1.29, 1.82) is 0 Å². The van der Waals surface area contributed by atoms with Crippen LogP contribution < -0.4 is 11.1 Å². The van der Waals surface area contributed by atoms with Crippen LogP contribution in [0.1, 0.15) is 35.7 Å². The van der Waals surface area contributed by atoms with Gasteiger partial charge in [-0.2, -0.15) is 0 Å². The maximum atomic E-state index is 12.1. The molecule has 0 saturated carbocycles. The highest BCUT2D eigenvalue weighted by molar-refractivity contribution is 6.04. The maximum absolute atomic E-state index is 12.1. The highest BCUT2D eigenvalue weighted by atomic mass is 16.2. The van der Waals surface area contributed by atoms with Gasteiger partial charge in [-0.25, -0.2) is 4.79 Å². The van der Waals surface area contributed by atoms with Crippen molar-refractivity contribution >= 4 is 17.8 Å². The van der Waals surface area contributed by atoms with E-state index in [0.717, 1.165) is 12.0 Å². The molecular formula is C14H17N3O3. The lowest BCUT2D eigenvalue weighted by atomic mass is 10.1. The standard InChI is InChI=1S/C14H17N3O3/c1-2-3-11-13(19)17(14(20)16-11)8-9-4-6-10(7-5-9)12(15)18/h4-7,11H,2-3,8H2,1H3,(H2,15,18)(H,16,20). The molecule has 0 bridgehead atoms. The molecule has 6 nitrogen and oxygen atoms in total. The van der Waals surface area contributed by atoms with Gasteiger partial charge in [0, 0.05) is 5.56 Å². The van der Waals surface area contributed by atoms with Crippen LogP contribution >= 0.6 is 0 Å². The molecular weight excluding hydrogens is 258 g/mol. The van der Waals surface area contributed by atoms with Crippen molar-refractivity contribution in [3.8, 4) is 0 Å². The fraction of sp³-hybridized carbons (Fsp3) is 0.357. The van der Waals surface area contributed by atoms with E-state index in [4.69, 9.17) is 5.73 Å². The van der Waals surface area contributed by atoms with Crippen LogP contribution in [-0.2, 0) is 11.3 Å². The fourth-order valence-corrected chi connectivity index (χ4v) is 2.17. The number of benzene rings is 1. The zero-order chi connectivity index (χ0) is 14.7.